The number of aryl methyl sites for hydroxylation is 1. The van der Waals surface area contributed by atoms with Gasteiger partial charge in [-0.3, -0.25) is 4.79 Å². The molecular formula is C24H37NO4. The van der Waals surface area contributed by atoms with E-state index in [-0.39, 0.29) is 5.56 Å². The van der Waals surface area contributed by atoms with Crippen molar-refractivity contribution >= 4 is 10.9 Å². The molecule has 0 bridgehead atoms. The van der Waals surface area contributed by atoms with Crippen LogP contribution in [0.1, 0.15) is 72.1 Å². The summed E-state index contributed by atoms with van der Waals surface area (Å²) in [4.78, 5) is 13.2. The van der Waals surface area contributed by atoms with E-state index in [1.54, 1.807) is 11.7 Å². The van der Waals surface area contributed by atoms with E-state index in [0.29, 0.717) is 31.3 Å². The van der Waals surface area contributed by atoms with E-state index in [9.17, 15) is 4.79 Å². The molecule has 0 aliphatic carbocycles. The molecule has 0 radical (unpaired) electrons. The highest BCUT2D eigenvalue weighted by molar-refractivity contribution is 5.89. The van der Waals surface area contributed by atoms with Crippen LogP contribution in [-0.2, 0) is 6.54 Å². The molecule has 2 rings (SSSR count). The summed E-state index contributed by atoms with van der Waals surface area (Å²) in [5.74, 6) is 1.63. The summed E-state index contributed by atoms with van der Waals surface area (Å²) >= 11 is 0. The van der Waals surface area contributed by atoms with Crippen molar-refractivity contribution in [2.45, 2.75) is 78.7 Å². The van der Waals surface area contributed by atoms with Crippen LogP contribution in [0.25, 0.3) is 10.9 Å². The number of ether oxygens (including phenoxy) is 3. The van der Waals surface area contributed by atoms with Gasteiger partial charge in [0.15, 0.2) is 5.75 Å². The van der Waals surface area contributed by atoms with Crippen LogP contribution < -0.4 is 19.8 Å². The van der Waals surface area contributed by atoms with Crippen molar-refractivity contribution in [1.82, 2.24) is 4.57 Å². The minimum atomic E-state index is -0.136. The lowest BCUT2D eigenvalue weighted by molar-refractivity contribution is 0.285. The third-order valence-corrected chi connectivity index (χ3v) is 5.10. The van der Waals surface area contributed by atoms with Crippen LogP contribution in [0.3, 0.4) is 0 Å². The Hall–Kier alpha value is -2.17. The highest BCUT2D eigenvalue weighted by atomic mass is 16.5. The first kappa shape index (κ1) is 23.1. The average molecular weight is 404 g/mol. The van der Waals surface area contributed by atoms with Crippen molar-refractivity contribution in [3.63, 3.8) is 0 Å². The lowest BCUT2D eigenvalue weighted by Gasteiger charge is -2.18. The lowest BCUT2D eigenvalue weighted by atomic mass is 10.1. The van der Waals surface area contributed by atoms with E-state index >= 15 is 0 Å². The summed E-state index contributed by atoms with van der Waals surface area (Å²) in [6.07, 6.45) is 8.50. The Kier molecular flexibility index (Phi) is 9.89. The van der Waals surface area contributed by atoms with Gasteiger partial charge in [-0.25, -0.2) is 0 Å². The molecule has 0 fully saturated rings. The van der Waals surface area contributed by atoms with Gasteiger partial charge < -0.3 is 18.8 Å². The number of rotatable bonds is 14. The van der Waals surface area contributed by atoms with E-state index in [0.717, 1.165) is 55.2 Å². The number of methoxy groups -OCH3 is 1. The van der Waals surface area contributed by atoms with Gasteiger partial charge in [0.2, 0.25) is 5.75 Å². The Labute approximate surface area is 175 Å². The fraction of sp³-hybridized carbons (Fsp3) is 0.625. The molecule has 1 heterocycles. The van der Waals surface area contributed by atoms with Gasteiger partial charge in [-0.15, -0.1) is 0 Å². The molecule has 2 aromatic rings. The molecule has 162 valence electrons. The van der Waals surface area contributed by atoms with Gasteiger partial charge in [-0.1, -0.05) is 52.9 Å². The lowest BCUT2D eigenvalue weighted by Crippen LogP contribution is -2.23. The second kappa shape index (κ2) is 12.4. The predicted molar refractivity (Wildman–Crippen MR) is 120 cm³/mol. The van der Waals surface area contributed by atoms with Crippen LogP contribution in [0.2, 0.25) is 0 Å². The zero-order chi connectivity index (χ0) is 21.1. The molecule has 0 aliphatic heterocycles. The van der Waals surface area contributed by atoms with E-state index in [2.05, 4.69) is 20.8 Å². The van der Waals surface area contributed by atoms with Crippen LogP contribution in [0.15, 0.2) is 23.0 Å². The fourth-order valence-electron chi connectivity index (χ4n) is 3.37. The molecule has 0 atom stereocenters. The first-order valence-electron chi connectivity index (χ1n) is 11.2. The van der Waals surface area contributed by atoms with Crippen molar-refractivity contribution in [1.29, 1.82) is 0 Å². The predicted octanol–water partition coefficient (Wildman–Crippen LogP) is 5.95. The molecule has 0 saturated heterocycles. The van der Waals surface area contributed by atoms with Gasteiger partial charge in [0.25, 0.3) is 5.56 Å². The summed E-state index contributed by atoms with van der Waals surface area (Å²) in [7, 11) is 1.54. The van der Waals surface area contributed by atoms with Crippen LogP contribution in [-0.4, -0.2) is 24.9 Å². The molecule has 1 aromatic carbocycles. The first-order chi connectivity index (χ1) is 14.2. The summed E-state index contributed by atoms with van der Waals surface area (Å²) in [5, 5.41) is 0.899. The van der Waals surface area contributed by atoms with Crippen LogP contribution >= 0.6 is 0 Å². The Morgan fingerprint density at radius 3 is 2.24 bits per heavy atom. The molecule has 0 spiro atoms. The number of pyridine rings is 1. The summed E-state index contributed by atoms with van der Waals surface area (Å²) in [6.45, 7) is 8.36. The van der Waals surface area contributed by atoms with Gasteiger partial charge in [0.1, 0.15) is 5.75 Å². The van der Waals surface area contributed by atoms with Gasteiger partial charge >= 0.3 is 0 Å². The molecular weight excluding hydrogens is 366 g/mol. The van der Waals surface area contributed by atoms with Gasteiger partial charge in [-0.2, -0.15) is 0 Å². The number of fused-ring (bicyclic) bond motifs is 1. The Bertz CT molecular complexity index is 813. The molecule has 5 heteroatoms. The SMILES string of the molecule is CCCCCCOc1c(OC)c(=O)n(CCCC)c2cc(OCCCC)ccc12. The number of unbranched alkanes of at least 4 members (excludes halogenated alkanes) is 5. The molecule has 0 saturated carbocycles. The van der Waals surface area contributed by atoms with Gasteiger partial charge in [-0.05, 0) is 31.4 Å². The highest BCUT2D eigenvalue weighted by Crippen LogP contribution is 2.35. The fourth-order valence-corrected chi connectivity index (χ4v) is 3.37. The monoisotopic (exact) mass is 403 g/mol. The quantitative estimate of drug-likeness (QED) is 0.366. The third-order valence-electron chi connectivity index (χ3n) is 5.10. The Balaban J connectivity index is 2.45. The minimum absolute atomic E-state index is 0.136. The van der Waals surface area contributed by atoms with E-state index < -0.39 is 0 Å². The zero-order valence-corrected chi connectivity index (χ0v) is 18.6. The maximum absolute atomic E-state index is 13.2. The first-order valence-corrected chi connectivity index (χ1v) is 11.2. The minimum Gasteiger partial charge on any atom is -0.494 e. The van der Waals surface area contributed by atoms with Crippen LogP contribution in [0, 0.1) is 0 Å². The topological polar surface area (TPSA) is 49.7 Å². The number of hydrogen-bond acceptors (Lipinski definition) is 4. The van der Waals surface area contributed by atoms with Gasteiger partial charge in [0.05, 0.1) is 25.8 Å². The van der Waals surface area contributed by atoms with Crippen molar-refractivity contribution in [3.05, 3.63) is 28.6 Å². The van der Waals surface area contributed by atoms with Gasteiger partial charge in [0, 0.05) is 18.0 Å². The third kappa shape index (κ3) is 6.15. The van der Waals surface area contributed by atoms with Crippen molar-refractivity contribution < 1.29 is 14.2 Å². The van der Waals surface area contributed by atoms with Crippen molar-refractivity contribution in [2.75, 3.05) is 20.3 Å². The van der Waals surface area contributed by atoms with Crippen LogP contribution in [0.5, 0.6) is 17.2 Å². The normalized spacial score (nSPS) is 11.0. The van der Waals surface area contributed by atoms with E-state index in [4.69, 9.17) is 14.2 Å². The number of nitrogens with zero attached hydrogens (tertiary/aromatic N) is 1. The molecule has 5 nitrogen and oxygen atoms in total. The van der Waals surface area contributed by atoms with Crippen molar-refractivity contribution in [3.8, 4) is 17.2 Å². The molecule has 0 amide bonds. The number of benzene rings is 1. The molecule has 0 aliphatic rings. The highest BCUT2D eigenvalue weighted by Gasteiger charge is 2.19. The molecule has 0 N–H and O–H groups in total. The second-order valence-corrected chi connectivity index (χ2v) is 7.46. The summed E-state index contributed by atoms with van der Waals surface area (Å²) in [5.41, 5.74) is 0.713. The molecule has 1 aromatic heterocycles. The maximum Gasteiger partial charge on any atom is 0.297 e. The van der Waals surface area contributed by atoms with E-state index in [1.807, 2.05) is 18.2 Å². The average Bonchev–Trinajstić information content (AvgIpc) is 2.73. The second-order valence-electron chi connectivity index (χ2n) is 7.46. The summed E-state index contributed by atoms with van der Waals surface area (Å²) in [6, 6.07) is 5.91. The van der Waals surface area contributed by atoms with E-state index in [1.165, 1.54) is 12.8 Å². The Morgan fingerprint density at radius 2 is 1.55 bits per heavy atom. The standard InChI is InChI=1S/C24H37NO4/c1-5-8-11-12-17-29-22-20-14-13-19(28-16-10-7-3)18-21(20)25(15-9-6-2)24(26)23(22)27-4/h13-14,18H,5-12,15-17H2,1-4H3. The number of aromatic nitrogens is 1. The summed E-state index contributed by atoms with van der Waals surface area (Å²) < 4.78 is 19.3. The maximum atomic E-state index is 13.2. The van der Waals surface area contributed by atoms with Crippen LogP contribution in [0.4, 0.5) is 0 Å². The smallest absolute Gasteiger partial charge is 0.297 e. The largest absolute Gasteiger partial charge is 0.494 e. The zero-order valence-electron chi connectivity index (χ0n) is 18.6. The molecule has 29 heavy (non-hydrogen) atoms. The Morgan fingerprint density at radius 1 is 0.828 bits per heavy atom. The number of hydrogen-bond donors (Lipinski definition) is 0. The molecule has 0 unspecified atom stereocenters. The van der Waals surface area contributed by atoms with Crippen molar-refractivity contribution in [2.24, 2.45) is 0 Å².